The van der Waals surface area contributed by atoms with Gasteiger partial charge >= 0.3 is 0 Å². The minimum atomic E-state index is -0.0958. The van der Waals surface area contributed by atoms with Crippen LogP contribution in [0.25, 0.3) is 10.8 Å². The molecule has 0 fully saturated rings. The molecule has 0 atom stereocenters. The van der Waals surface area contributed by atoms with E-state index in [4.69, 9.17) is 27.9 Å². The standard InChI is InChI=1S/C17H19Cl2NO2/c1-2-22-15-8-7-13-5-3-4-6-14(13)16(15)17(21)20(11-9-18)12-10-19/h3-8H,2,9-12H2,1H3. The molecule has 0 aliphatic rings. The molecule has 5 heteroatoms. The average Bonchev–Trinajstić information content (AvgIpc) is 2.54. The highest BCUT2D eigenvalue weighted by Crippen LogP contribution is 2.29. The van der Waals surface area contributed by atoms with Crippen LogP contribution in [0.2, 0.25) is 0 Å². The van der Waals surface area contributed by atoms with Crippen molar-refractivity contribution < 1.29 is 9.53 Å². The summed E-state index contributed by atoms with van der Waals surface area (Å²) in [5.74, 6) is 1.25. The van der Waals surface area contributed by atoms with Gasteiger partial charge in [-0.2, -0.15) is 0 Å². The number of benzene rings is 2. The van der Waals surface area contributed by atoms with Crippen LogP contribution in [-0.2, 0) is 0 Å². The highest BCUT2D eigenvalue weighted by Gasteiger charge is 2.21. The van der Waals surface area contributed by atoms with Gasteiger partial charge < -0.3 is 9.64 Å². The molecule has 1 amide bonds. The number of halogens is 2. The molecule has 2 rings (SSSR count). The van der Waals surface area contributed by atoms with Crippen LogP contribution in [0.15, 0.2) is 36.4 Å². The lowest BCUT2D eigenvalue weighted by Crippen LogP contribution is -2.34. The van der Waals surface area contributed by atoms with Gasteiger partial charge in [-0.1, -0.05) is 30.3 Å². The molecule has 22 heavy (non-hydrogen) atoms. The average molecular weight is 340 g/mol. The van der Waals surface area contributed by atoms with Crippen molar-refractivity contribution in [3.05, 3.63) is 42.0 Å². The fourth-order valence-corrected chi connectivity index (χ4v) is 2.83. The summed E-state index contributed by atoms with van der Waals surface area (Å²) < 4.78 is 5.66. The molecule has 0 spiro atoms. The maximum atomic E-state index is 13.0. The molecule has 2 aromatic rings. The van der Waals surface area contributed by atoms with Crippen molar-refractivity contribution in [2.75, 3.05) is 31.5 Å². The fourth-order valence-electron chi connectivity index (χ4n) is 2.42. The van der Waals surface area contributed by atoms with Crippen LogP contribution in [0.4, 0.5) is 0 Å². The van der Waals surface area contributed by atoms with Crippen molar-refractivity contribution in [2.45, 2.75) is 6.92 Å². The van der Waals surface area contributed by atoms with E-state index in [2.05, 4.69) is 0 Å². The summed E-state index contributed by atoms with van der Waals surface area (Å²) in [5.41, 5.74) is 0.579. The molecule has 0 aromatic heterocycles. The Morgan fingerprint density at radius 3 is 2.41 bits per heavy atom. The summed E-state index contributed by atoms with van der Waals surface area (Å²) in [4.78, 5) is 14.6. The number of alkyl halides is 2. The minimum absolute atomic E-state index is 0.0958. The Morgan fingerprint density at radius 1 is 1.09 bits per heavy atom. The van der Waals surface area contributed by atoms with Crippen LogP contribution in [0, 0.1) is 0 Å². The molecule has 0 heterocycles. The first kappa shape index (κ1) is 16.9. The van der Waals surface area contributed by atoms with E-state index in [9.17, 15) is 4.79 Å². The van der Waals surface area contributed by atoms with Crippen LogP contribution in [0.1, 0.15) is 17.3 Å². The predicted octanol–water partition coefficient (Wildman–Crippen LogP) is 4.16. The molecule has 2 aromatic carbocycles. The van der Waals surface area contributed by atoms with Gasteiger partial charge in [0.05, 0.1) is 12.2 Å². The molecule has 0 bridgehead atoms. The zero-order valence-corrected chi connectivity index (χ0v) is 14.0. The second-order valence-electron chi connectivity index (χ2n) is 4.76. The molecule has 0 saturated carbocycles. The normalized spacial score (nSPS) is 10.7. The first-order valence-electron chi connectivity index (χ1n) is 7.28. The van der Waals surface area contributed by atoms with E-state index in [1.54, 1.807) is 4.90 Å². The quantitative estimate of drug-likeness (QED) is 0.709. The monoisotopic (exact) mass is 339 g/mol. The molecule has 0 N–H and O–H groups in total. The highest BCUT2D eigenvalue weighted by molar-refractivity contribution is 6.19. The SMILES string of the molecule is CCOc1ccc2ccccc2c1C(=O)N(CCCl)CCCl. The van der Waals surface area contributed by atoms with Crippen LogP contribution >= 0.6 is 23.2 Å². The second kappa shape index (κ2) is 8.25. The Balaban J connectivity index is 2.54. The summed E-state index contributed by atoms with van der Waals surface area (Å²) in [6, 6.07) is 11.6. The number of amides is 1. The molecule has 0 saturated heterocycles. The van der Waals surface area contributed by atoms with Crippen molar-refractivity contribution in [1.82, 2.24) is 4.90 Å². The highest BCUT2D eigenvalue weighted by atomic mass is 35.5. The molecular weight excluding hydrogens is 321 g/mol. The first-order chi connectivity index (χ1) is 10.7. The molecular formula is C17H19Cl2NO2. The Hall–Kier alpha value is -1.45. The minimum Gasteiger partial charge on any atom is -0.493 e. The molecule has 0 aliphatic heterocycles. The van der Waals surface area contributed by atoms with E-state index in [0.29, 0.717) is 42.8 Å². The molecule has 0 radical (unpaired) electrons. The van der Waals surface area contributed by atoms with Gasteiger partial charge in [0.15, 0.2) is 0 Å². The third kappa shape index (κ3) is 3.65. The topological polar surface area (TPSA) is 29.5 Å². The van der Waals surface area contributed by atoms with Gasteiger partial charge in [-0.25, -0.2) is 0 Å². The number of nitrogens with zero attached hydrogens (tertiary/aromatic N) is 1. The molecule has 3 nitrogen and oxygen atoms in total. The van der Waals surface area contributed by atoms with Gasteiger partial charge in [-0.15, -0.1) is 23.2 Å². The maximum Gasteiger partial charge on any atom is 0.258 e. The van der Waals surface area contributed by atoms with Crippen molar-refractivity contribution in [3.63, 3.8) is 0 Å². The number of rotatable bonds is 7. The molecule has 118 valence electrons. The van der Waals surface area contributed by atoms with Gasteiger partial charge in [-0.3, -0.25) is 4.79 Å². The van der Waals surface area contributed by atoms with Crippen molar-refractivity contribution in [3.8, 4) is 5.75 Å². The Kier molecular flexibility index (Phi) is 6.34. The summed E-state index contributed by atoms with van der Waals surface area (Å²) in [6.07, 6.45) is 0. The largest absolute Gasteiger partial charge is 0.493 e. The maximum absolute atomic E-state index is 13.0. The van der Waals surface area contributed by atoms with Crippen LogP contribution < -0.4 is 4.74 Å². The third-order valence-corrected chi connectivity index (χ3v) is 3.74. The third-order valence-electron chi connectivity index (χ3n) is 3.40. The fraction of sp³-hybridized carbons (Fsp3) is 0.353. The molecule has 0 aliphatic carbocycles. The number of fused-ring (bicyclic) bond motifs is 1. The van der Waals surface area contributed by atoms with Gasteiger partial charge in [-0.05, 0) is 23.8 Å². The summed E-state index contributed by atoms with van der Waals surface area (Å²) >= 11 is 11.6. The first-order valence-corrected chi connectivity index (χ1v) is 8.35. The van der Waals surface area contributed by atoms with Crippen LogP contribution in [-0.4, -0.2) is 42.3 Å². The van der Waals surface area contributed by atoms with Crippen molar-refractivity contribution >= 4 is 39.9 Å². The summed E-state index contributed by atoms with van der Waals surface area (Å²) in [6.45, 7) is 3.33. The number of ether oxygens (including phenoxy) is 1. The summed E-state index contributed by atoms with van der Waals surface area (Å²) in [7, 11) is 0. The van der Waals surface area contributed by atoms with Crippen LogP contribution in [0.5, 0.6) is 5.75 Å². The van der Waals surface area contributed by atoms with Crippen LogP contribution in [0.3, 0.4) is 0 Å². The Morgan fingerprint density at radius 2 is 1.77 bits per heavy atom. The lowest BCUT2D eigenvalue weighted by molar-refractivity contribution is 0.0773. The lowest BCUT2D eigenvalue weighted by atomic mass is 10.0. The molecule has 0 unspecified atom stereocenters. The number of hydrogen-bond acceptors (Lipinski definition) is 2. The van der Waals surface area contributed by atoms with Gasteiger partial charge in [0.2, 0.25) is 0 Å². The van der Waals surface area contributed by atoms with Gasteiger partial charge in [0, 0.05) is 24.8 Å². The second-order valence-corrected chi connectivity index (χ2v) is 5.52. The predicted molar refractivity (Wildman–Crippen MR) is 92.5 cm³/mol. The smallest absolute Gasteiger partial charge is 0.258 e. The summed E-state index contributed by atoms with van der Waals surface area (Å²) in [5, 5.41) is 1.89. The number of carbonyl (C=O) groups is 1. The number of hydrogen-bond donors (Lipinski definition) is 0. The van der Waals surface area contributed by atoms with E-state index in [-0.39, 0.29) is 5.91 Å². The Bertz CT molecular complexity index is 640. The van der Waals surface area contributed by atoms with Crippen molar-refractivity contribution in [2.24, 2.45) is 0 Å². The van der Waals surface area contributed by atoms with E-state index >= 15 is 0 Å². The van der Waals surface area contributed by atoms with E-state index in [1.807, 2.05) is 43.3 Å². The van der Waals surface area contributed by atoms with E-state index in [1.165, 1.54) is 0 Å². The van der Waals surface area contributed by atoms with Crippen molar-refractivity contribution in [1.29, 1.82) is 0 Å². The van der Waals surface area contributed by atoms with Gasteiger partial charge in [0.1, 0.15) is 5.75 Å². The van der Waals surface area contributed by atoms with E-state index < -0.39 is 0 Å². The van der Waals surface area contributed by atoms with E-state index in [0.717, 1.165) is 10.8 Å². The Labute approximate surface area is 140 Å². The number of carbonyl (C=O) groups excluding carboxylic acids is 1. The lowest BCUT2D eigenvalue weighted by Gasteiger charge is -2.23. The van der Waals surface area contributed by atoms with Gasteiger partial charge in [0.25, 0.3) is 5.91 Å². The zero-order chi connectivity index (χ0) is 15.9. The zero-order valence-electron chi connectivity index (χ0n) is 12.5.